The first kappa shape index (κ1) is 17.5. The van der Waals surface area contributed by atoms with Gasteiger partial charge in [-0.1, -0.05) is 0 Å². The zero-order valence-electron chi connectivity index (χ0n) is 14.2. The van der Waals surface area contributed by atoms with Crippen molar-refractivity contribution in [2.45, 2.75) is 32.7 Å². The number of nitrogens with zero attached hydrogens (tertiary/aromatic N) is 2. The van der Waals surface area contributed by atoms with E-state index in [9.17, 15) is 0 Å². The average Bonchev–Trinajstić information content (AvgIpc) is 3.38. The fourth-order valence-electron chi connectivity index (χ4n) is 2.11. The number of aromatic nitrogens is 1. The van der Waals surface area contributed by atoms with Crippen molar-refractivity contribution in [3.63, 3.8) is 0 Å². The molecule has 1 aliphatic rings. The summed E-state index contributed by atoms with van der Waals surface area (Å²) in [7, 11) is 1.77. The lowest BCUT2D eigenvalue weighted by Gasteiger charge is -2.12. The highest BCUT2D eigenvalue weighted by molar-refractivity contribution is 5.79. The number of aliphatic imine (C=N–C) groups is 1. The quantitative estimate of drug-likeness (QED) is 0.392. The predicted molar refractivity (Wildman–Crippen MR) is 91.8 cm³/mol. The third-order valence-corrected chi connectivity index (χ3v) is 3.58. The van der Waals surface area contributed by atoms with Gasteiger partial charge in [-0.3, -0.25) is 4.99 Å². The molecule has 0 bridgehead atoms. The Balaban J connectivity index is 1.60. The number of guanidine groups is 1. The van der Waals surface area contributed by atoms with E-state index in [4.69, 9.17) is 9.47 Å². The molecule has 0 radical (unpaired) electrons. The highest BCUT2D eigenvalue weighted by atomic mass is 16.5. The van der Waals surface area contributed by atoms with Gasteiger partial charge >= 0.3 is 0 Å². The van der Waals surface area contributed by atoms with Crippen LogP contribution in [0, 0.1) is 5.92 Å². The molecule has 0 atom stereocenters. The number of ether oxygens (including phenoxy) is 2. The summed E-state index contributed by atoms with van der Waals surface area (Å²) in [5.41, 5.74) is 1.11. The van der Waals surface area contributed by atoms with Crippen LogP contribution >= 0.6 is 0 Å². The molecule has 1 aliphatic carbocycles. The minimum Gasteiger partial charge on any atom is -0.478 e. The summed E-state index contributed by atoms with van der Waals surface area (Å²) < 4.78 is 11.0. The smallest absolute Gasteiger partial charge is 0.213 e. The maximum absolute atomic E-state index is 5.62. The Morgan fingerprint density at radius 2 is 2.26 bits per heavy atom. The van der Waals surface area contributed by atoms with E-state index in [-0.39, 0.29) is 0 Å². The highest BCUT2D eigenvalue weighted by Crippen LogP contribution is 2.28. The third-order valence-electron chi connectivity index (χ3n) is 3.58. The van der Waals surface area contributed by atoms with Crippen molar-refractivity contribution < 1.29 is 9.47 Å². The highest BCUT2D eigenvalue weighted by Gasteiger charge is 2.20. The summed E-state index contributed by atoms with van der Waals surface area (Å²) in [5.74, 6) is 2.28. The first-order valence-electron chi connectivity index (χ1n) is 8.41. The van der Waals surface area contributed by atoms with Gasteiger partial charge in [0.2, 0.25) is 5.88 Å². The standard InChI is InChI=1S/C17H28N4O2/c1-3-23-16-11-15(7-9-19-16)12-21-17(18-2)20-8-4-10-22-13-14-5-6-14/h7,9,11,14H,3-6,8,10,12-13H2,1-2H3,(H2,18,20,21). The number of pyridine rings is 1. The molecule has 1 aromatic heterocycles. The molecule has 6 nitrogen and oxygen atoms in total. The van der Waals surface area contributed by atoms with Crippen molar-refractivity contribution in [2.24, 2.45) is 10.9 Å². The van der Waals surface area contributed by atoms with Gasteiger partial charge in [-0.05, 0) is 43.7 Å². The van der Waals surface area contributed by atoms with Crippen LogP contribution in [0.15, 0.2) is 23.3 Å². The lowest BCUT2D eigenvalue weighted by Crippen LogP contribution is -2.37. The Bertz CT molecular complexity index is 489. The van der Waals surface area contributed by atoms with Crippen molar-refractivity contribution in [2.75, 3.05) is 33.4 Å². The van der Waals surface area contributed by atoms with Gasteiger partial charge in [0.15, 0.2) is 5.96 Å². The lowest BCUT2D eigenvalue weighted by atomic mass is 10.2. The average molecular weight is 320 g/mol. The molecule has 0 aliphatic heterocycles. The first-order chi connectivity index (χ1) is 11.3. The molecule has 0 unspecified atom stereocenters. The normalized spacial score (nSPS) is 14.6. The van der Waals surface area contributed by atoms with E-state index >= 15 is 0 Å². The van der Waals surface area contributed by atoms with Crippen LogP contribution in [0.1, 0.15) is 31.7 Å². The van der Waals surface area contributed by atoms with Crippen molar-refractivity contribution >= 4 is 5.96 Å². The molecule has 6 heteroatoms. The summed E-state index contributed by atoms with van der Waals surface area (Å²) in [6.07, 6.45) is 5.43. The van der Waals surface area contributed by atoms with Gasteiger partial charge in [0, 0.05) is 45.6 Å². The Hall–Kier alpha value is -1.82. The van der Waals surface area contributed by atoms with E-state index in [1.807, 2.05) is 19.1 Å². The molecule has 2 rings (SSSR count). The molecule has 0 saturated heterocycles. The maximum Gasteiger partial charge on any atom is 0.213 e. The van der Waals surface area contributed by atoms with Gasteiger partial charge < -0.3 is 20.1 Å². The Morgan fingerprint density at radius 3 is 3.00 bits per heavy atom. The van der Waals surface area contributed by atoms with E-state index in [1.54, 1.807) is 13.2 Å². The summed E-state index contributed by atoms with van der Waals surface area (Å²) in [6.45, 7) is 5.84. The molecule has 2 N–H and O–H groups in total. The van der Waals surface area contributed by atoms with Crippen molar-refractivity contribution in [3.8, 4) is 5.88 Å². The van der Waals surface area contributed by atoms with Gasteiger partial charge in [-0.25, -0.2) is 4.98 Å². The summed E-state index contributed by atoms with van der Waals surface area (Å²) in [4.78, 5) is 8.39. The van der Waals surface area contributed by atoms with Crippen LogP contribution in [-0.2, 0) is 11.3 Å². The van der Waals surface area contributed by atoms with Crippen LogP contribution in [0.25, 0.3) is 0 Å². The van der Waals surface area contributed by atoms with Gasteiger partial charge in [0.05, 0.1) is 6.61 Å². The van der Waals surface area contributed by atoms with E-state index in [0.29, 0.717) is 19.0 Å². The molecular formula is C17H28N4O2. The molecule has 0 spiro atoms. The maximum atomic E-state index is 5.62. The number of rotatable bonds is 10. The summed E-state index contributed by atoms with van der Waals surface area (Å²) in [6, 6.07) is 3.91. The fourth-order valence-corrected chi connectivity index (χ4v) is 2.11. The summed E-state index contributed by atoms with van der Waals surface area (Å²) >= 11 is 0. The van der Waals surface area contributed by atoms with Gasteiger partial charge in [0.1, 0.15) is 0 Å². The monoisotopic (exact) mass is 320 g/mol. The molecule has 128 valence electrons. The zero-order chi connectivity index (χ0) is 16.3. The Labute approximate surface area is 138 Å². The van der Waals surface area contributed by atoms with Crippen LogP contribution in [0.2, 0.25) is 0 Å². The number of nitrogens with one attached hydrogen (secondary N) is 2. The topological polar surface area (TPSA) is 67.8 Å². The van der Waals surface area contributed by atoms with Crippen LogP contribution in [-0.4, -0.2) is 44.4 Å². The molecule has 1 aromatic rings. The number of hydrogen-bond donors (Lipinski definition) is 2. The second-order valence-corrected chi connectivity index (χ2v) is 5.66. The van der Waals surface area contributed by atoms with Crippen LogP contribution < -0.4 is 15.4 Å². The largest absolute Gasteiger partial charge is 0.478 e. The molecule has 0 aromatic carbocycles. The van der Waals surface area contributed by atoms with Crippen molar-refractivity contribution in [1.82, 2.24) is 15.6 Å². The molecule has 23 heavy (non-hydrogen) atoms. The van der Waals surface area contributed by atoms with E-state index in [1.165, 1.54) is 12.8 Å². The van der Waals surface area contributed by atoms with Gasteiger partial charge in [-0.2, -0.15) is 0 Å². The van der Waals surface area contributed by atoms with Gasteiger partial charge in [-0.15, -0.1) is 0 Å². The minimum absolute atomic E-state index is 0.621. The SMILES string of the molecule is CCOc1cc(CNC(=NC)NCCCOCC2CC2)ccn1. The molecular weight excluding hydrogens is 292 g/mol. The summed E-state index contributed by atoms with van der Waals surface area (Å²) in [5, 5.41) is 6.58. The Kier molecular flexibility index (Phi) is 7.66. The molecule has 1 saturated carbocycles. The van der Waals surface area contributed by atoms with Crippen LogP contribution in [0.5, 0.6) is 5.88 Å². The van der Waals surface area contributed by atoms with E-state index < -0.39 is 0 Å². The minimum atomic E-state index is 0.621. The molecule has 0 amide bonds. The van der Waals surface area contributed by atoms with Crippen molar-refractivity contribution in [1.29, 1.82) is 0 Å². The third kappa shape index (κ3) is 7.32. The second kappa shape index (κ2) is 10.0. The van der Waals surface area contributed by atoms with Crippen molar-refractivity contribution in [3.05, 3.63) is 23.9 Å². The van der Waals surface area contributed by atoms with Gasteiger partial charge in [0.25, 0.3) is 0 Å². The fraction of sp³-hybridized carbons (Fsp3) is 0.647. The predicted octanol–water partition coefficient (Wildman–Crippen LogP) is 1.96. The van der Waals surface area contributed by atoms with E-state index in [2.05, 4.69) is 20.6 Å². The zero-order valence-corrected chi connectivity index (χ0v) is 14.2. The number of hydrogen-bond acceptors (Lipinski definition) is 4. The second-order valence-electron chi connectivity index (χ2n) is 5.66. The Morgan fingerprint density at radius 1 is 1.39 bits per heavy atom. The lowest BCUT2D eigenvalue weighted by molar-refractivity contribution is 0.123. The molecule has 1 fully saturated rings. The van der Waals surface area contributed by atoms with Crippen LogP contribution in [0.3, 0.4) is 0 Å². The van der Waals surface area contributed by atoms with Crippen LogP contribution in [0.4, 0.5) is 0 Å². The first-order valence-corrected chi connectivity index (χ1v) is 8.41. The molecule has 1 heterocycles. The van der Waals surface area contributed by atoms with E-state index in [0.717, 1.165) is 43.6 Å².